The van der Waals surface area contributed by atoms with Crippen molar-refractivity contribution in [3.63, 3.8) is 0 Å². The molecule has 0 unspecified atom stereocenters. The van der Waals surface area contributed by atoms with E-state index in [4.69, 9.17) is 27.9 Å². The maximum absolute atomic E-state index is 12.9. The number of nitrogens with one attached hydrogen (secondary N) is 1. The predicted molar refractivity (Wildman–Crippen MR) is 110 cm³/mol. The van der Waals surface area contributed by atoms with Crippen molar-refractivity contribution in [3.05, 3.63) is 52.5 Å². The van der Waals surface area contributed by atoms with Gasteiger partial charge in [0.15, 0.2) is 0 Å². The van der Waals surface area contributed by atoms with Crippen LogP contribution in [0, 0.1) is 5.92 Å². The number of sulfonamides is 1. The number of carbonyl (C=O) groups is 1. The van der Waals surface area contributed by atoms with Gasteiger partial charge in [-0.2, -0.15) is 4.31 Å². The molecule has 2 aromatic rings. The van der Waals surface area contributed by atoms with Gasteiger partial charge in [-0.15, -0.1) is 0 Å². The molecule has 1 amide bonds. The molecule has 1 atom stereocenters. The Labute approximate surface area is 174 Å². The van der Waals surface area contributed by atoms with E-state index in [0.717, 1.165) is 0 Å². The first-order valence-electron chi connectivity index (χ1n) is 8.72. The molecule has 1 aliphatic heterocycles. The summed E-state index contributed by atoms with van der Waals surface area (Å²) in [5.41, 5.74) is 0.411. The van der Waals surface area contributed by atoms with Crippen molar-refractivity contribution in [3.8, 4) is 5.75 Å². The molecule has 0 radical (unpaired) electrons. The first-order chi connectivity index (χ1) is 13.3. The summed E-state index contributed by atoms with van der Waals surface area (Å²) < 4.78 is 32.3. The third-order valence-electron chi connectivity index (χ3n) is 4.66. The Kier molecular flexibility index (Phi) is 6.50. The Morgan fingerprint density at radius 3 is 2.57 bits per heavy atom. The van der Waals surface area contributed by atoms with Crippen LogP contribution in [0.3, 0.4) is 0 Å². The second-order valence-electron chi connectivity index (χ2n) is 6.47. The summed E-state index contributed by atoms with van der Waals surface area (Å²) in [5.74, 6) is -0.177. The Hall–Kier alpha value is -1.80. The molecule has 1 aliphatic rings. The van der Waals surface area contributed by atoms with E-state index >= 15 is 0 Å². The number of anilines is 1. The van der Waals surface area contributed by atoms with Gasteiger partial charge in [0.25, 0.3) is 0 Å². The van der Waals surface area contributed by atoms with Crippen molar-refractivity contribution in [2.45, 2.75) is 17.7 Å². The summed E-state index contributed by atoms with van der Waals surface area (Å²) in [6, 6.07) is 11.2. The third kappa shape index (κ3) is 4.43. The number of ether oxygens (including phenoxy) is 1. The molecule has 6 nitrogen and oxygen atoms in total. The fourth-order valence-corrected chi connectivity index (χ4v) is 4.98. The van der Waals surface area contributed by atoms with Crippen LogP contribution in [-0.2, 0) is 14.8 Å². The lowest BCUT2D eigenvalue weighted by Crippen LogP contribution is -2.43. The summed E-state index contributed by atoms with van der Waals surface area (Å²) in [7, 11) is -2.17. The van der Waals surface area contributed by atoms with Gasteiger partial charge < -0.3 is 10.1 Å². The van der Waals surface area contributed by atoms with Crippen LogP contribution in [0.25, 0.3) is 0 Å². The lowest BCUT2D eigenvalue weighted by molar-refractivity contribution is -0.120. The topological polar surface area (TPSA) is 75.7 Å². The number of benzene rings is 2. The predicted octanol–water partition coefficient (Wildman–Crippen LogP) is 4.04. The summed E-state index contributed by atoms with van der Waals surface area (Å²) in [4.78, 5) is 12.8. The van der Waals surface area contributed by atoms with Crippen molar-refractivity contribution in [1.29, 1.82) is 0 Å². The van der Waals surface area contributed by atoms with Gasteiger partial charge in [0, 0.05) is 13.1 Å². The summed E-state index contributed by atoms with van der Waals surface area (Å²) in [6.45, 7) is 0.481. The van der Waals surface area contributed by atoms with Gasteiger partial charge in [-0.05, 0) is 49.2 Å². The fraction of sp³-hybridized carbons (Fsp3) is 0.316. The SMILES string of the molecule is COc1ccc(S(=O)(=O)N2CCC[C@@H](C(=O)Nc3cccc(Cl)c3Cl)C2)cc1. The molecule has 1 N–H and O–H groups in total. The number of methoxy groups -OCH3 is 1. The number of hydrogen-bond acceptors (Lipinski definition) is 4. The lowest BCUT2D eigenvalue weighted by atomic mass is 9.99. The minimum atomic E-state index is -3.69. The number of halogens is 2. The largest absolute Gasteiger partial charge is 0.497 e. The van der Waals surface area contributed by atoms with Crippen LogP contribution < -0.4 is 10.1 Å². The van der Waals surface area contributed by atoms with Crippen molar-refractivity contribution < 1.29 is 17.9 Å². The molecule has 9 heteroatoms. The number of piperidine rings is 1. The maximum atomic E-state index is 12.9. The molecule has 2 aromatic carbocycles. The molecular formula is C19H20Cl2N2O4S. The van der Waals surface area contributed by atoms with Gasteiger partial charge in [-0.25, -0.2) is 8.42 Å². The quantitative estimate of drug-likeness (QED) is 0.757. The van der Waals surface area contributed by atoms with E-state index in [1.807, 2.05) is 0 Å². The van der Waals surface area contributed by atoms with Gasteiger partial charge in [-0.1, -0.05) is 29.3 Å². The van der Waals surface area contributed by atoms with Gasteiger partial charge in [0.2, 0.25) is 15.9 Å². The van der Waals surface area contributed by atoms with Gasteiger partial charge in [-0.3, -0.25) is 4.79 Å². The standard InChI is InChI=1S/C19H20Cl2N2O4S/c1-27-14-7-9-15(10-8-14)28(25,26)23-11-3-4-13(12-23)19(24)22-17-6-2-5-16(20)18(17)21/h2,5-10,13H,3-4,11-12H2,1H3,(H,22,24)/t13-/m1/s1. The van der Waals surface area contributed by atoms with E-state index in [9.17, 15) is 13.2 Å². The highest BCUT2D eigenvalue weighted by Gasteiger charge is 2.33. The number of amides is 1. The molecule has 1 fully saturated rings. The Morgan fingerprint density at radius 2 is 1.89 bits per heavy atom. The lowest BCUT2D eigenvalue weighted by Gasteiger charge is -2.31. The highest BCUT2D eigenvalue weighted by Crippen LogP contribution is 2.31. The number of hydrogen-bond donors (Lipinski definition) is 1. The number of nitrogens with zero attached hydrogens (tertiary/aromatic N) is 1. The van der Waals surface area contributed by atoms with E-state index < -0.39 is 15.9 Å². The number of carbonyl (C=O) groups excluding carboxylic acids is 1. The van der Waals surface area contributed by atoms with Gasteiger partial charge in [0.1, 0.15) is 5.75 Å². The van der Waals surface area contributed by atoms with Crippen LogP contribution in [0.1, 0.15) is 12.8 Å². The van der Waals surface area contributed by atoms with Crippen LogP contribution in [0.2, 0.25) is 10.0 Å². The van der Waals surface area contributed by atoms with Crippen LogP contribution >= 0.6 is 23.2 Å². The molecule has 1 heterocycles. The first-order valence-corrected chi connectivity index (χ1v) is 10.9. The number of rotatable bonds is 5. The zero-order valence-electron chi connectivity index (χ0n) is 15.2. The Balaban J connectivity index is 1.73. The van der Waals surface area contributed by atoms with Crippen LogP contribution in [0.4, 0.5) is 5.69 Å². The molecule has 0 aromatic heterocycles. The zero-order chi connectivity index (χ0) is 20.3. The monoisotopic (exact) mass is 442 g/mol. The normalized spacial score (nSPS) is 17.9. The van der Waals surface area contributed by atoms with E-state index in [1.165, 1.54) is 23.5 Å². The molecule has 0 aliphatic carbocycles. The highest BCUT2D eigenvalue weighted by molar-refractivity contribution is 7.89. The average Bonchev–Trinajstić information content (AvgIpc) is 2.71. The summed E-state index contributed by atoms with van der Waals surface area (Å²) >= 11 is 12.1. The van der Waals surface area contributed by atoms with E-state index in [1.54, 1.807) is 30.3 Å². The molecule has 28 heavy (non-hydrogen) atoms. The molecular weight excluding hydrogens is 423 g/mol. The van der Waals surface area contributed by atoms with Gasteiger partial charge in [0.05, 0.1) is 33.7 Å². The molecule has 1 saturated heterocycles. The van der Waals surface area contributed by atoms with Crippen molar-refractivity contribution in [2.24, 2.45) is 5.92 Å². The average molecular weight is 443 g/mol. The van der Waals surface area contributed by atoms with Crippen molar-refractivity contribution >= 4 is 44.8 Å². The molecule has 3 rings (SSSR count). The van der Waals surface area contributed by atoms with Crippen LogP contribution in [0.5, 0.6) is 5.75 Å². The third-order valence-corrected chi connectivity index (χ3v) is 7.36. The van der Waals surface area contributed by atoms with Crippen molar-refractivity contribution in [1.82, 2.24) is 4.31 Å². The maximum Gasteiger partial charge on any atom is 0.243 e. The van der Waals surface area contributed by atoms with Crippen LogP contribution in [0.15, 0.2) is 47.4 Å². The van der Waals surface area contributed by atoms with E-state index in [2.05, 4.69) is 5.32 Å². The fourth-order valence-electron chi connectivity index (χ4n) is 3.11. The first kappa shape index (κ1) is 20.9. The molecule has 150 valence electrons. The van der Waals surface area contributed by atoms with Gasteiger partial charge >= 0.3 is 0 Å². The van der Waals surface area contributed by atoms with Crippen molar-refractivity contribution in [2.75, 3.05) is 25.5 Å². The second-order valence-corrected chi connectivity index (χ2v) is 9.19. The molecule has 0 bridgehead atoms. The minimum absolute atomic E-state index is 0.110. The highest BCUT2D eigenvalue weighted by atomic mass is 35.5. The van der Waals surface area contributed by atoms with Crippen LogP contribution in [-0.4, -0.2) is 38.8 Å². The second kappa shape index (κ2) is 8.69. The Morgan fingerprint density at radius 1 is 1.18 bits per heavy atom. The molecule has 0 spiro atoms. The zero-order valence-corrected chi connectivity index (χ0v) is 17.5. The Bertz CT molecular complexity index is 964. The smallest absolute Gasteiger partial charge is 0.243 e. The minimum Gasteiger partial charge on any atom is -0.497 e. The van der Waals surface area contributed by atoms with E-state index in [0.29, 0.717) is 35.8 Å². The summed E-state index contributed by atoms with van der Waals surface area (Å²) in [5, 5.41) is 3.35. The summed E-state index contributed by atoms with van der Waals surface area (Å²) in [6.07, 6.45) is 1.19. The van der Waals surface area contributed by atoms with E-state index in [-0.39, 0.29) is 22.4 Å². The molecule has 0 saturated carbocycles.